The van der Waals surface area contributed by atoms with Gasteiger partial charge in [-0.2, -0.15) is 0 Å². The Morgan fingerprint density at radius 1 is 1.39 bits per heavy atom. The standard InChI is InChI=1S/C17H26N4O2/c1-3-20(4-2)17(23)21-10-6-8-15(13-21)16(22)19-12-14-7-5-9-18-11-14/h5,7,9,11,15H,3-4,6,8,10,12-13H2,1-2H3,(H,19,22). The molecule has 1 unspecified atom stereocenters. The zero-order valence-electron chi connectivity index (χ0n) is 14.0. The Balaban J connectivity index is 1.87. The summed E-state index contributed by atoms with van der Waals surface area (Å²) >= 11 is 0. The van der Waals surface area contributed by atoms with Gasteiger partial charge < -0.3 is 15.1 Å². The van der Waals surface area contributed by atoms with E-state index in [1.54, 1.807) is 17.3 Å². The Labute approximate surface area is 137 Å². The largest absolute Gasteiger partial charge is 0.352 e. The molecule has 2 rings (SSSR count). The van der Waals surface area contributed by atoms with E-state index in [0.717, 1.165) is 24.9 Å². The third-order valence-corrected chi connectivity index (χ3v) is 4.29. The van der Waals surface area contributed by atoms with Crippen LogP contribution < -0.4 is 5.32 Å². The van der Waals surface area contributed by atoms with Crippen molar-refractivity contribution in [2.75, 3.05) is 26.2 Å². The lowest BCUT2D eigenvalue weighted by Crippen LogP contribution is -2.50. The first-order valence-electron chi connectivity index (χ1n) is 8.36. The molecule has 1 N–H and O–H groups in total. The fourth-order valence-electron chi connectivity index (χ4n) is 2.90. The highest BCUT2D eigenvalue weighted by molar-refractivity contribution is 5.80. The van der Waals surface area contributed by atoms with Crippen LogP contribution in [0.5, 0.6) is 0 Å². The molecule has 0 saturated carbocycles. The molecule has 6 heteroatoms. The molecule has 2 heterocycles. The fraction of sp³-hybridized carbons (Fsp3) is 0.588. The predicted molar refractivity (Wildman–Crippen MR) is 88.7 cm³/mol. The van der Waals surface area contributed by atoms with Gasteiger partial charge in [-0.05, 0) is 38.3 Å². The van der Waals surface area contributed by atoms with Crippen molar-refractivity contribution in [1.29, 1.82) is 0 Å². The number of hydrogen-bond acceptors (Lipinski definition) is 3. The summed E-state index contributed by atoms with van der Waals surface area (Å²) in [6, 6.07) is 3.83. The molecule has 0 radical (unpaired) electrons. The van der Waals surface area contributed by atoms with Crippen LogP contribution in [0.4, 0.5) is 4.79 Å². The highest BCUT2D eigenvalue weighted by atomic mass is 16.2. The minimum Gasteiger partial charge on any atom is -0.352 e. The minimum atomic E-state index is -0.125. The second kappa shape index (κ2) is 8.50. The van der Waals surface area contributed by atoms with Gasteiger partial charge in [0.05, 0.1) is 5.92 Å². The van der Waals surface area contributed by atoms with Crippen molar-refractivity contribution in [3.63, 3.8) is 0 Å². The summed E-state index contributed by atoms with van der Waals surface area (Å²) in [6.07, 6.45) is 5.17. The topological polar surface area (TPSA) is 65.5 Å². The van der Waals surface area contributed by atoms with Crippen molar-refractivity contribution in [3.05, 3.63) is 30.1 Å². The van der Waals surface area contributed by atoms with E-state index in [2.05, 4.69) is 10.3 Å². The Hall–Kier alpha value is -2.11. The van der Waals surface area contributed by atoms with E-state index in [4.69, 9.17) is 0 Å². The van der Waals surface area contributed by atoms with Crippen LogP contribution in [0.15, 0.2) is 24.5 Å². The Kier molecular flexibility index (Phi) is 6.38. The van der Waals surface area contributed by atoms with Crippen molar-refractivity contribution in [2.45, 2.75) is 33.2 Å². The lowest BCUT2D eigenvalue weighted by atomic mass is 9.97. The first kappa shape index (κ1) is 17.2. The molecular formula is C17H26N4O2. The van der Waals surface area contributed by atoms with Gasteiger partial charge in [0.1, 0.15) is 0 Å². The molecule has 1 aliphatic heterocycles. The Morgan fingerprint density at radius 2 is 2.17 bits per heavy atom. The summed E-state index contributed by atoms with van der Waals surface area (Å²) in [7, 11) is 0. The smallest absolute Gasteiger partial charge is 0.320 e. The van der Waals surface area contributed by atoms with Crippen LogP contribution in [-0.2, 0) is 11.3 Å². The maximum absolute atomic E-state index is 12.4. The number of urea groups is 1. The highest BCUT2D eigenvalue weighted by Gasteiger charge is 2.29. The van der Waals surface area contributed by atoms with Gasteiger partial charge in [-0.3, -0.25) is 9.78 Å². The third kappa shape index (κ3) is 4.68. The van der Waals surface area contributed by atoms with Crippen molar-refractivity contribution in [2.24, 2.45) is 5.92 Å². The quantitative estimate of drug-likeness (QED) is 0.901. The number of piperidine rings is 1. The van der Waals surface area contributed by atoms with Crippen molar-refractivity contribution in [3.8, 4) is 0 Å². The molecule has 126 valence electrons. The lowest BCUT2D eigenvalue weighted by Gasteiger charge is -2.35. The van der Waals surface area contributed by atoms with Gasteiger partial charge in [0.2, 0.25) is 5.91 Å². The van der Waals surface area contributed by atoms with Gasteiger partial charge in [0.15, 0.2) is 0 Å². The van der Waals surface area contributed by atoms with E-state index in [0.29, 0.717) is 26.2 Å². The average Bonchev–Trinajstić information content (AvgIpc) is 2.61. The number of hydrogen-bond donors (Lipinski definition) is 1. The molecule has 3 amide bonds. The molecule has 1 atom stereocenters. The fourth-order valence-corrected chi connectivity index (χ4v) is 2.90. The molecule has 0 aliphatic carbocycles. The summed E-state index contributed by atoms with van der Waals surface area (Å²) in [5, 5.41) is 2.95. The highest BCUT2D eigenvalue weighted by Crippen LogP contribution is 2.18. The van der Waals surface area contributed by atoms with Crippen LogP contribution in [0.3, 0.4) is 0 Å². The van der Waals surface area contributed by atoms with Crippen LogP contribution in [0.1, 0.15) is 32.3 Å². The molecule has 0 bridgehead atoms. The van der Waals surface area contributed by atoms with Crippen LogP contribution in [0.25, 0.3) is 0 Å². The average molecular weight is 318 g/mol. The molecule has 1 fully saturated rings. The minimum absolute atomic E-state index is 0.0194. The second-order valence-corrected chi connectivity index (χ2v) is 5.82. The maximum atomic E-state index is 12.4. The number of aromatic nitrogens is 1. The summed E-state index contributed by atoms with van der Waals surface area (Å²) in [4.78, 5) is 32.4. The summed E-state index contributed by atoms with van der Waals surface area (Å²) < 4.78 is 0. The summed E-state index contributed by atoms with van der Waals surface area (Å²) in [6.45, 7) is 7.07. The molecule has 1 saturated heterocycles. The zero-order chi connectivity index (χ0) is 16.7. The van der Waals surface area contributed by atoms with Gasteiger partial charge in [-0.15, -0.1) is 0 Å². The van der Waals surface area contributed by atoms with Crippen LogP contribution in [-0.4, -0.2) is 52.9 Å². The van der Waals surface area contributed by atoms with Gasteiger partial charge in [-0.25, -0.2) is 4.79 Å². The Morgan fingerprint density at radius 3 is 2.83 bits per heavy atom. The normalized spacial score (nSPS) is 17.7. The number of carbonyl (C=O) groups excluding carboxylic acids is 2. The monoisotopic (exact) mass is 318 g/mol. The Bertz CT molecular complexity index is 517. The van der Waals surface area contributed by atoms with Crippen LogP contribution in [0.2, 0.25) is 0 Å². The molecule has 0 spiro atoms. The maximum Gasteiger partial charge on any atom is 0.320 e. The number of nitrogens with zero attached hydrogens (tertiary/aromatic N) is 3. The summed E-state index contributed by atoms with van der Waals surface area (Å²) in [5.74, 6) is -0.106. The van der Waals surface area contributed by atoms with E-state index < -0.39 is 0 Å². The molecule has 6 nitrogen and oxygen atoms in total. The number of amides is 3. The van der Waals surface area contributed by atoms with Crippen LogP contribution >= 0.6 is 0 Å². The van der Waals surface area contributed by atoms with Crippen molar-refractivity contribution < 1.29 is 9.59 Å². The van der Waals surface area contributed by atoms with E-state index in [-0.39, 0.29) is 17.9 Å². The van der Waals surface area contributed by atoms with Crippen molar-refractivity contribution >= 4 is 11.9 Å². The number of likely N-dealkylation sites (tertiary alicyclic amines) is 1. The van der Waals surface area contributed by atoms with Gasteiger partial charge in [0, 0.05) is 45.1 Å². The third-order valence-electron chi connectivity index (χ3n) is 4.29. The second-order valence-electron chi connectivity index (χ2n) is 5.82. The molecule has 1 aromatic heterocycles. The number of nitrogens with one attached hydrogen (secondary N) is 1. The van der Waals surface area contributed by atoms with E-state index in [1.165, 1.54) is 0 Å². The number of rotatable bonds is 5. The van der Waals surface area contributed by atoms with Gasteiger partial charge in [-0.1, -0.05) is 6.07 Å². The summed E-state index contributed by atoms with van der Waals surface area (Å²) in [5.41, 5.74) is 0.979. The van der Waals surface area contributed by atoms with Crippen molar-refractivity contribution in [1.82, 2.24) is 20.1 Å². The number of carbonyl (C=O) groups is 2. The number of pyridine rings is 1. The lowest BCUT2D eigenvalue weighted by molar-refractivity contribution is -0.126. The first-order valence-corrected chi connectivity index (χ1v) is 8.36. The van der Waals surface area contributed by atoms with E-state index >= 15 is 0 Å². The SMILES string of the molecule is CCN(CC)C(=O)N1CCCC(C(=O)NCc2cccnc2)C1. The first-order chi connectivity index (χ1) is 11.2. The zero-order valence-corrected chi connectivity index (χ0v) is 14.0. The molecule has 1 aromatic rings. The van der Waals surface area contributed by atoms with E-state index in [9.17, 15) is 9.59 Å². The predicted octanol–water partition coefficient (Wildman–Crippen LogP) is 1.87. The van der Waals surface area contributed by atoms with E-state index in [1.807, 2.05) is 30.9 Å². The van der Waals surface area contributed by atoms with Gasteiger partial charge >= 0.3 is 6.03 Å². The molecule has 0 aromatic carbocycles. The molecule has 23 heavy (non-hydrogen) atoms. The van der Waals surface area contributed by atoms with Gasteiger partial charge in [0.25, 0.3) is 0 Å². The molecule has 1 aliphatic rings. The van der Waals surface area contributed by atoms with Crippen LogP contribution in [0, 0.1) is 5.92 Å². The molecular weight excluding hydrogens is 292 g/mol.